The largest absolute Gasteiger partial charge is 0.495 e. The molecule has 1 unspecified atom stereocenters. The molecule has 1 aromatic carbocycles. The number of methoxy groups -OCH3 is 1. The predicted molar refractivity (Wildman–Crippen MR) is 78.4 cm³/mol. The molecule has 1 heterocycles. The van der Waals surface area contributed by atoms with E-state index in [1.165, 1.54) is 0 Å². The molecule has 0 aliphatic carbocycles. The number of ether oxygens (including phenoxy) is 1. The van der Waals surface area contributed by atoms with Gasteiger partial charge in [-0.05, 0) is 47.9 Å². The van der Waals surface area contributed by atoms with Gasteiger partial charge in [-0.25, -0.2) is 4.68 Å². The Kier molecular flexibility index (Phi) is 4.22. The van der Waals surface area contributed by atoms with Crippen molar-refractivity contribution in [1.82, 2.24) is 20.2 Å². The van der Waals surface area contributed by atoms with Crippen LogP contribution in [-0.2, 0) is 0 Å². The first-order valence-corrected chi connectivity index (χ1v) is 6.74. The monoisotopic (exact) mass is 275 g/mol. The minimum Gasteiger partial charge on any atom is -0.495 e. The summed E-state index contributed by atoms with van der Waals surface area (Å²) in [5.74, 6) is 1.97. The van der Waals surface area contributed by atoms with Crippen molar-refractivity contribution in [2.45, 2.75) is 33.2 Å². The second kappa shape index (κ2) is 5.90. The van der Waals surface area contributed by atoms with Crippen LogP contribution >= 0.6 is 0 Å². The molecule has 2 aromatic rings. The zero-order valence-electron chi connectivity index (χ0n) is 12.4. The number of nitrogen functional groups attached to an aromatic ring is 1. The topological polar surface area (TPSA) is 78.9 Å². The summed E-state index contributed by atoms with van der Waals surface area (Å²) in [7, 11) is 1.60. The average molecular weight is 275 g/mol. The molecule has 0 fully saturated rings. The van der Waals surface area contributed by atoms with Crippen LogP contribution in [0.25, 0.3) is 11.4 Å². The highest BCUT2D eigenvalue weighted by molar-refractivity contribution is 5.66. The van der Waals surface area contributed by atoms with E-state index in [1.54, 1.807) is 7.11 Å². The van der Waals surface area contributed by atoms with Crippen LogP contribution in [0.5, 0.6) is 5.75 Å². The molecule has 6 nitrogen and oxygen atoms in total. The summed E-state index contributed by atoms with van der Waals surface area (Å²) in [6.45, 7) is 6.49. The summed E-state index contributed by atoms with van der Waals surface area (Å²) in [4.78, 5) is 0. The molecule has 0 aliphatic heterocycles. The maximum Gasteiger partial charge on any atom is 0.182 e. The van der Waals surface area contributed by atoms with Crippen LogP contribution in [-0.4, -0.2) is 27.3 Å². The standard InChI is InChI=1S/C14H21N5O/c1-9(2)7-10(3)19-14(16-17-18-19)11-5-6-13(20-4)12(15)8-11/h5-6,8-10H,7,15H2,1-4H3. The quantitative estimate of drug-likeness (QED) is 0.848. The van der Waals surface area contributed by atoms with Gasteiger partial charge in [0.05, 0.1) is 18.8 Å². The normalized spacial score (nSPS) is 12.7. The number of rotatable bonds is 5. The summed E-state index contributed by atoms with van der Waals surface area (Å²) >= 11 is 0. The third kappa shape index (κ3) is 2.89. The van der Waals surface area contributed by atoms with Crippen LogP contribution in [0.4, 0.5) is 5.69 Å². The number of anilines is 1. The van der Waals surface area contributed by atoms with Crippen molar-refractivity contribution >= 4 is 5.69 Å². The maximum atomic E-state index is 5.94. The Bertz CT molecular complexity index is 579. The smallest absolute Gasteiger partial charge is 0.182 e. The van der Waals surface area contributed by atoms with Gasteiger partial charge in [-0.1, -0.05) is 13.8 Å². The lowest BCUT2D eigenvalue weighted by Crippen LogP contribution is -2.11. The number of nitrogens with zero attached hydrogens (tertiary/aromatic N) is 4. The first-order chi connectivity index (χ1) is 9.52. The van der Waals surface area contributed by atoms with E-state index in [2.05, 4.69) is 36.3 Å². The van der Waals surface area contributed by atoms with Gasteiger partial charge < -0.3 is 10.5 Å². The van der Waals surface area contributed by atoms with E-state index in [-0.39, 0.29) is 6.04 Å². The second-order valence-electron chi connectivity index (χ2n) is 5.38. The first-order valence-electron chi connectivity index (χ1n) is 6.74. The van der Waals surface area contributed by atoms with E-state index in [1.807, 2.05) is 22.9 Å². The molecule has 0 aliphatic rings. The van der Waals surface area contributed by atoms with Gasteiger partial charge in [-0.2, -0.15) is 0 Å². The highest BCUT2D eigenvalue weighted by Gasteiger charge is 2.16. The molecule has 0 radical (unpaired) electrons. The lowest BCUT2D eigenvalue weighted by molar-refractivity contribution is 0.394. The predicted octanol–water partition coefficient (Wildman–Crippen LogP) is 2.54. The van der Waals surface area contributed by atoms with Gasteiger partial charge in [0.1, 0.15) is 5.75 Å². The molecule has 0 saturated carbocycles. The zero-order chi connectivity index (χ0) is 14.7. The Balaban J connectivity index is 2.34. The first kappa shape index (κ1) is 14.3. The summed E-state index contributed by atoms with van der Waals surface area (Å²) < 4.78 is 7.01. The van der Waals surface area contributed by atoms with Gasteiger partial charge in [0.2, 0.25) is 0 Å². The lowest BCUT2D eigenvalue weighted by Gasteiger charge is -2.15. The van der Waals surface area contributed by atoms with Crippen molar-refractivity contribution in [3.05, 3.63) is 18.2 Å². The van der Waals surface area contributed by atoms with Crippen molar-refractivity contribution in [2.24, 2.45) is 5.92 Å². The van der Waals surface area contributed by atoms with E-state index in [0.717, 1.165) is 17.8 Å². The molecule has 20 heavy (non-hydrogen) atoms. The fourth-order valence-corrected chi connectivity index (χ4v) is 2.34. The van der Waals surface area contributed by atoms with Gasteiger partial charge in [0.25, 0.3) is 0 Å². The van der Waals surface area contributed by atoms with Crippen molar-refractivity contribution in [3.63, 3.8) is 0 Å². The molecule has 0 amide bonds. The van der Waals surface area contributed by atoms with Crippen molar-refractivity contribution in [3.8, 4) is 17.1 Å². The van der Waals surface area contributed by atoms with Gasteiger partial charge in [-0.3, -0.25) is 0 Å². The van der Waals surface area contributed by atoms with Crippen LogP contribution in [0.1, 0.15) is 33.2 Å². The van der Waals surface area contributed by atoms with E-state index in [0.29, 0.717) is 17.4 Å². The molecule has 2 rings (SSSR count). The highest BCUT2D eigenvalue weighted by atomic mass is 16.5. The Labute approximate surface area is 118 Å². The molecule has 1 aromatic heterocycles. The van der Waals surface area contributed by atoms with Crippen LogP contribution in [0.3, 0.4) is 0 Å². The summed E-state index contributed by atoms with van der Waals surface area (Å²) in [5.41, 5.74) is 7.41. The Morgan fingerprint density at radius 1 is 1.30 bits per heavy atom. The van der Waals surface area contributed by atoms with Gasteiger partial charge >= 0.3 is 0 Å². The fourth-order valence-electron chi connectivity index (χ4n) is 2.34. The third-order valence-electron chi connectivity index (χ3n) is 3.21. The van der Waals surface area contributed by atoms with E-state index < -0.39 is 0 Å². The Morgan fingerprint density at radius 2 is 2.05 bits per heavy atom. The molecular weight excluding hydrogens is 254 g/mol. The maximum absolute atomic E-state index is 5.94. The van der Waals surface area contributed by atoms with Crippen LogP contribution < -0.4 is 10.5 Å². The molecule has 6 heteroatoms. The number of aromatic nitrogens is 4. The number of benzene rings is 1. The average Bonchev–Trinajstić information content (AvgIpc) is 2.87. The number of nitrogens with two attached hydrogens (primary N) is 1. The minimum absolute atomic E-state index is 0.239. The van der Waals surface area contributed by atoms with E-state index in [4.69, 9.17) is 10.5 Å². The van der Waals surface area contributed by atoms with Crippen molar-refractivity contribution in [1.29, 1.82) is 0 Å². The molecule has 2 N–H and O–H groups in total. The summed E-state index contributed by atoms with van der Waals surface area (Å²) in [5, 5.41) is 12.0. The van der Waals surface area contributed by atoms with E-state index >= 15 is 0 Å². The van der Waals surface area contributed by atoms with Gasteiger partial charge in [0.15, 0.2) is 5.82 Å². The number of tetrazole rings is 1. The summed E-state index contributed by atoms with van der Waals surface area (Å²) in [6, 6.07) is 5.82. The molecule has 0 spiro atoms. The van der Waals surface area contributed by atoms with Gasteiger partial charge in [-0.15, -0.1) is 5.10 Å². The number of hydrogen-bond acceptors (Lipinski definition) is 5. The zero-order valence-corrected chi connectivity index (χ0v) is 12.4. The molecule has 0 bridgehead atoms. The minimum atomic E-state index is 0.239. The lowest BCUT2D eigenvalue weighted by atomic mass is 10.1. The fraction of sp³-hybridized carbons (Fsp3) is 0.500. The van der Waals surface area contributed by atoms with Gasteiger partial charge in [0, 0.05) is 5.56 Å². The van der Waals surface area contributed by atoms with Crippen LogP contribution in [0, 0.1) is 5.92 Å². The second-order valence-corrected chi connectivity index (χ2v) is 5.38. The molecule has 108 valence electrons. The SMILES string of the molecule is COc1ccc(-c2nnnn2C(C)CC(C)C)cc1N. The highest BCUT2D eigenvalue weighted by Crippen LogP contribution is 2.28. The third-order valence-corrected chi connectivity index (χ3v) is 3.21. The molecule has 1 atom stereocenters. The van der Waals surface area contributed by atoms with Crippen molar-refractivity contribution < 1.29 is 4.74 Å². The molecular formula is C14H21N5O. The van der Waals surface area contributed by atoms with Crippen LogP contribution in [0.2, 0.25) is 0 Å². The van der Waals surface area contributed by atoms with E-state index in [9.17, 15) is 0 Å². The molecule has 0 saturated heterocycles. The van der Waals surface area contributed by atoms with Crippen LogP contribution in [0.15, 0.2) is 18.2 Å². The van der Waals surface area contributed by atoms with Crippen molar-refractivity contribution in [2.75, 3.05) is 12.8 Å². The Morgan fingerprint density at radius 3 is 2.65 bits per heavy atom. The Hall–Kier alpha value is -2.11. The number of hydrogen-bond donors (Lipinski definition) is 1. The summed E-state index contributed by atoms with van der Waals surface area (Å²) in [6.07, 6.45) is 1.02.